The number of ether oxygens (including phenoxy) is 2. The molecule has 1 aromatic rings. The molecule has 0 radical (unpaired) electrons. The van der Waals surface area contributed by atoms with E-state index in [0.717, 1.165) is 12.8 Å². The predicted molar refractivity (Wildman–Crippen MR) is 63.7 cm³/mol. The summed E-state index contributed by atoms with van der Waals surface area (Å²) in [7, 11) is 1.48. The number of benzene rings is 1. The molecule has 0 bridgehead atoms. The Labute approximate surface area is 105 Å². The number of hydrogen-bond acceptors (Lipinski definition) is 4. The van der Waals surface area contributed by atoms with E-state index in [4.69, 9.17) is 19.7 Å². The van der Waals surface area contributed by atoms with Crippen LogP contribution >= 0.6 is 0 Å². The molecule has 0 spiro atoms. The van der Waals surface area contributed by atoms with Gasteiger partial charge in [0.1, 0.15) is 0 Å². The minimum Gasteiger partial charge on any atom is -0.493 e. The van der Waals surface area contributed by atoms with Crippen LogP contribution in [0, 0.1) is 5.92 Å². The van der Waals surface area contributed by atoms with Gasteiger partial charge in [0.2, 0.25) is 0 Å². The molecule has 1 aromatic carbocycles. The van der Waals surface area contributed by atoms with Gasteiger partial charge in [-0.15, -0.1) is 0 Å². The molecule has 1 aliphatic rings. The smallest absolute Gasteiger partial charge is 0.345 e. The summed E-state index contributed by atoms with van der Waals surface area (Å²) in [4.78, 5) is 11.1. The number of hydrogen-bond donors (Lipinski definition) is 2. The van der Waals surface area contributed by atoms with Crippen LogP contribution in [0.1, 0.15) is 18.4 Å². The lowest BCUT2D eigenvalue weighted by molar-refractivity contribution is -0.146. The highest BCUT2D eigenvalue weighted by molar-refractivity contribution is 5.73. The van der Waals surface area contributed by atoms with E-state index in [1.54, 1.807) is 18.2 Å². The van der Waals surface area contributed by atoms with Crippen molar-refractivity contribution in [2.45, 2.75) is 25.6 Å². The average Bonchev–Trinajstić information content (AvgIpc) is 3.19. The van der Waals surface area contributed by atoms with Gasteiger partial charge in [0.15, 0.2) is 17.6 Å². The molecule has 1 saturated carbocycles. The molecule has 1 fully saturated rings. The zero-order chi connectivity index (χ0) is 13.1. The van der Waals surface area contributed by atoms with Crippen molar-refractivity contribution >= 4 is 5.97 Å². The maximum absolute atomic E-state index is 11.1. The monoisotopic (exact) mass is 252 g/mol. The van der Waals surface area contributed by atoms with Gasteiger partial charge >= 0.3 is 5.97 Å². The van der Waals surface area contributed by atoms with Crippen LogP contribution < -0.4 is 9.47 Å². The molecule has 1 unspecified atom stereocenters. The Kier molecular flexibility index (Phi) is 3.72. The number of rotatable bonds is 6. The summed E-state index contributed by atoms with van der Waals surface area (Å²) in [6.45, 7) is -0.0956. The molecule has 5 heteroatoms. The lowest BCUT2D eigenvalue weighted by Crippen LogP contribution is -2.29. The van der Waals surface area contributed by atoms with Crippen LogP contribution in [0.3, 0.4) is 0 Å². The van der Waals surface area contributed by atoms with Crippen molar-refractivity contribution in [3.8, 4) is 11.5 Å². The highest BCUT2D eigenvalue weighted by atomic mass is 16.5. The fourth-order valence-electron chi connectivity index (χ4n) is 1.79. The summed E-state index contributed by atoms with van der Waals surface area (Å²) in [6.07, 6.45) is 0.945. The SMILES string of the molecule is COc1cc(CO)ccc1OC(C(=O)O)C1CC1. The number of methoxy groups -OCH3 is 1. The zero-order valence-corrected chi connectivity index (χ0v) is 10.1. The zero-order valence-electron chi connectivity index (χ0n) is 10.1. The molecule has 0 amide bonds. The summed E-state index contributed by atoms with van der Waals surface area (Å²) in [6, 6.07) is 4.95. The van der Waals surface area contributed by atoms with Crippen LogP contribution in [-0.4, -0.2) is 29.4 Å². The van der Waals surface area contributed by atoms with Crippen LogP contribution in [0.5, 0.6) is 11.5 Å². The quantitative estimate of drug-likeness (QED) is 0.801. The second-order valence-electron chi connectivity index (χ2n) is 4.36. The summed E-state index contributed by atoms with van der Waals surface area (Å²) < 4.78 is 10.7. The molecule has 0 heterocycles. The van der Waals surface area contributed by atoms with Gasteiger partial charge < -0.3 is 19.7 Å². The number of aliphatic hydroxyl groups excluding tert-OH is 1. The van der Waals surface area contributed by atoms with Crippen molar-refractivity contribution in [2.24, 2.45) is 5.92 Å². The third kappa shape index (κ3) is 2.73. The third-order valence-corrected chi connectivity index (χ3v) is 2.96. The van der Waals surface area contributed by atoms with Crippen molar-refractivity contribution in [1.82, 2.24) is 0 Å². The molecule has 0 saturated heterocycles. The molecular formula is C13H16O5. The van der Waals surface area contributed by atoms with Gasteiger partial charge in [-0.05, 0) is 30.5 Å². The van der Waals surface area contributed by atoms with Gasteiger partial charge in [0, 0.05) is 5.92 Å². The highest BCUT2D eigenvalue weighted by Gasteiger charge is 2.38. The fraction of sp³-hybridized carbons (Fsp3) is 0.462. The number of carboxylic acid groups (broad SMARTS) is 1. The van der Waals surface area contributed by atoms with E-state index < -0.39 is 12.1 Å². The maximum atomic E-state index is 11.1. The standard InChI is InChI=1S/C13H16O5/c1-17-11-6-8(7-14)2-5-10(11)18-12(13(15)16)9-3-4-9/h2,5-6,9,12,14H,3-4,7H2,1H3,(H,15,16). The Hall–Kier alpha value is -1.75. The molecule has 1 aliphatic carbocycles. The number of aliphatic carboxylic acids is 1. The molecule has 18 heavy (non-hydrogen) atoms. The lowest BCUT2D eigenvalue weighted by atomic mass is 10.2. The first-order chi connectivity index (χ1) is 8.65. The van der Waals surface area contributed by atoms with E-state index in [0.29, 0.717) is 17.1 Å². The molecule has 0 aromatic heterocycles. The van der Waals surface area contributed by atoms with Crippen molar-refractivity contribution in [1.29, 1.82) is 0 Å². The first-order valence-electron chi connectivity index (χ1n) is 5.83. The summed E-state index contributed by atoms with van der Waals surface area (Å²) >= 11 is 0. The Morgan fingerprint density at radius 2 is 2.17 bits per heavy atom. The van der Waals surface area contributed by atoms with Crippen LogP contribution in [-0.2, 0) is 11.4 Å². The summed E-state index contributed by atoms with van der Waals surface area (Å²) in [5.41, 5.74) is 0.692. The fourth-order valence-corrected chi connectivity index (χ4v) is 1.79. The largest absolute Gasteiger partial charge is 0.493 e. The first-order valence-corrected chi connectivity index (χ1v) is 5.83. The van der Waals surface area contributed by atoms with Gasteiger partial charge in [0.25, 0.3) is 0 Å². The van der Waals surface area contributed by atoms with Gasteiger partial charge in [-0.25, -0.2) is 4.79 Å². The molecule has 2 N–H and O–H groups in total. The van der Waals surface area contributed by atoms with Crippen molar-refractivity contribution in [2.75, 3.05) is 7.11 Å². The average molecular weight is 252 g/mol. The Bertz CT molecular complexity index is 439. The van der Waals surface area contributed by atoms with E-state index >= 15 is 0 Å². The first kappa shape index (κ1) is 12.7. The van der Waals surface area contributed by atoms with E-state index in [-0.39, 0.29) is 12.5 Å². The summed E-state index contributed by atoms with van der Waals surface area (Å²) in [5.74, 6) is -0.0297. The van der Waals surface area contributed by atoms with E-state index in [1.807, 2.05) is 0 Å². The second-order valence-corrected chi connectivity index (χ2v) is 4.36. The van der Waals surface area contributed by atoms with Gasteiger partial charge in [-0.1, -0.05) is 6.07 Å². The molecular weight excluding hydrogens is 236 g/mol. The van der Waals surface area contributed by atoms with Crippen molar-refractivity contribution in [3.05, 3.63) is 23.8 Å². The van der Waals surface area contributed by atoms with E-state index in [1.165, 1.54) is 7.11 Å². The highest BCUT2D eigenvalue weighted by Crippen LogP contribution is 2.37. The predicted octanol–water partition coefficient (Wildman–Crippen LogP) is 1.43. The van der Waals surface area contributed by atoms with Crippen molar-refractivity contribution < 1.29 is 24.5 Å². The maximum Gasteiger partial charge on any atom is 0.345 e. The van der Waals surface area contributed by atoms with Crippen LogP contribution in [0.4, 0.5) is 0 Å². The molecule has 2 rings (SSSR count). The summed E-state index contributed by atoms with van der Waals surface area (Å²) in [5, 5.41) is 18.1. The molecule has 5 nitrogen and oxygen atoms in total. The molecule has 98 valence electrons. The van der Waals surface area contributed by atoms with Gasteiger partial charge in [-0.3, -0.25) is 0 Å². The van der Waals surface area contributed by atoms with E-state index in [2.05, 4.69) is 0 Å². The minimum absolute atomic E-state index is 0.0877. The lowest BCUT2D eigenvalue weighted by Gasteiger charge is -2.17. The Balaban J connectivity index is 2.19. The van der Waals surface area contributed by atoms with Gasteiger partial charge in [0.05, 0.1) is 13.7 Å². The topological polar surface area (TPSA) is 76.0 Å². The van der Waals surface area contributed by atoms with Gasteiger partial charge in [-0.2, -0.15) is 0 Å². The Morgan fingerprint density at radius 3 is 2.67 bits per heavy atom. The third-order valence-electron chi connectivity index (χ3n) is 2.96. The van der Waals surface area contributed by atoms with Crippen LogP contribution in [0.25, 0.3) is 0 Å². The van der Waals surface area contributed by atoms with Crippen LogP contribution in [0.2, 0.25) is 0 Å². The second kappa shape index (κ2) is 5.27. The number of carbonyl (C=O) groups is 1. The molecule has 0 aliphatic heterocycles. The number of aliphatic hydroxyl groups is 1. The normalized spacial score (nSPS) is 16.1. The van der Waals surface area contributed by atoms with Crippen molar-refractivity contribution in [3.63, 3.8) is 0 Å². The van der Waals surface area contributed by atoms with Crippen LogP contribution in [0.15, 0.2) is 18.2 Å². The molecule has 1 atom stereocenters. The Morgan fingerprint density at radius 1 is 1.44 bits per heavy atom. The minimum atomic E-state index is -0.953. The van der Waals surface area contributed by atoms with E-state index in [9.17, 15) is 4.79 Å². The number of carboxylic acids is 1.